The number of nitrogens with one attached hydrogen (secondary N) is 2. The van der Waals surface area contributed by atoms with Gasteiger partial charge in [-0.15, -0.1) is 0 Å². The van der Waals surface area contributed by atoms with Gasteiger partial charge in [0.25, 0.3) is 5.91 Å². The zero-order chi connectivity index (χ0) is 20.1. The minimum Gasteiger partial charge on any atom is -0.358 e. The van der Waals surface area contributed by atoms with Crippen LogP contribution in [0.5, 0.6) is 0 Å². The predicted octanol–water partition coefficient (Wildman–Crippen LogP) is 4.55. The second-order valence-electron chi connectivity index (χ2n) is 6.08. The Morgan fingerprint density at radius 3 is 2.43 bits per heavy atom. The Bertz CT molecular complexity index is 991. The number of anilines is 2. The van der Waals surface area contributed by atoms with Crippen LogP contribution in [0.25, 0.3) is 0 Å². The van der Waals surface area contributed by atoms with Crippen LogP contribution >= 0.6 is 0 Å². The van der Waals surface area contributed by atoms with E-state index in [0.717, 1.165) is 5.56 Å². The molecule has 1 heterocycles. The van der Waals surface area contributed by atoms with Gasteiger partial charge in [0.1, 0.15) is 5.82 Å². The summed E-state index contributed by atoms with van der Waals surface area (Å²) in [7, 11) is 0. The molecule has 2 aromatic carbocycles. The number of amides is 1. The van der Waals surface area contributed by atoms with Gasteiger partial charge in [-0.1, -0.05) is 12.1 Å². The van der Waals surface area contributed by atoms with E-state index >= 15 is 0 Å². The number of halogens is 1. The van der Waals surface area contributed by atoms with Gasteiger partial charge in [-0.05, 0) is 55.0 Å². The van der Waals surface area contributed by atoms with Crippen LogP contribution in [0.4, 0.5) is 21.6 Å². The molecule has 0 fully saturated rings. The largest absolute Gasteiger partial charge is 0.358 e. The quantitative estimate of drug-likeness (QED) is 0.483. The van der Waals surface area contributed by atoms with Crippen LogP contribution in [-0.4, -0.2) is 15.8 Å². The molecule has 0 radical (unpaired) electrons. The number of hydrogen-bond donors (Lipinski definition) is 2. The van der Waals surface area contributed by atoms with Gasteiger partial charge in [-0.25, -0.2) is 9.37 Å². The number of pyridine rings is 1. The van der Waals surface area contributed by atoms with Crippen molar-refractivity contribution in [3.8, 4) is 0 Å². The Hall–Kier alpha value is -3.81. The Labute approximate surface area is 160 Å². The molecule has 3 aromatic rings. The van der Waals surface area contributed by atoms with Crippen LogP contribution in [0.1, 0.15) is 28.9 Å². The van der Waals surface area contributed by atoms with E-state index in [4.69, 9.17) is 0 Å². The summed E-state index contributed by atoms with van der Waals surface area (Å²) >= 11 is 0. The Balaban J connectivity index is 1.68. The second-order valence-corrected chi connectivity index (χ2v) is 6.08. The van der Waals surface area contributed by atoms with Gasteiger partial charge in [-0.3, -0.25) is 14.9 Å². The van der Waals surface area contributed by atoms with Crippen LogP contribution in [0.2, 0.25) is 0 Å². The van der Waals surface area contributed by atoms with Gasteiger partial charge < -0.3 is 10.6 Å². The lowest BCUT2D eigenvalue weighted by Crippen LogP contribution is -2.12. The van der Waals surface area contributed by atoms with Crippen molar-refractivity contribution in [3.63, 3.8) is 0 Å². The molecule has 1 aromatic heterocycles. The summed E-state index contributed by atoms with van der Waals surface area (Å²) < 4.78 is 12.9. The fourth-order valence-corrected chi connectivity index (χ4v) is 2.60. The van der Waals surface area contributed by atoms with Gasteiger partial charge in [-0.2, -0.15) is 0 Å². The van der Waals surface area contributed by atoms with Crippen molar-refractivity contribution in [3.05, 3.63) is 93.9 Å². The summed E-state index contributed by atoms with van der Waals surface area (Å²) in [5.41, 5.74) is 1.69. The van der Waals surface area contributed by atoms with Crippen LogP contribution in [-0.2, 0) is 0 Å². The molecular formula is C20H17FN4O3. The monoisotopic (exact) mass is 380 g/mol. The van der Waals surface area contributed by atoms with E-state index in [1.807, 2.05) is 6.92 Å². The van der Waals surface area contributed by atoms with Crippen LogP contribution in [0.15, 0.2) is 66.9 Å². The number of rotatable bonds is 6. The molecule has 28 heavy (non-hydrogen) atoms. The van der Waals surface area contributed by atoms with Gasteiger partial charge in [0.05, 0.1) is 11.0 Å². The fraction of sp³-hybridized carbons (Fsp3) is 0.100. The number of carbonyl (C=O) groups is 1. The summed E-state index contributed by atoms with van der Waals surface area (Å²) in [4.78, 5) is 26.8. The normalized spacial score (nSPS) is 11.5. The lowest BCUT2D eigenvalue weighted by Gasteiger charge is -2.15. The summed E-state index contributed by atoms with van der Waals surface area (Å²) in [6, 6.07) is 15.0. The summed E-state index contributed by atoms with van der Waals surface area (Å²) in [6.45, 7) is 1.85. The van der Waals surface area contributed by atoms with E-state index in [2.05, 4.69) is 15.6 Å². The summed E-state index contributed by atoms with van der Waals surface area (Å²) in [6.07, 6.45) is 1.48. The van der Waals surface area contributed by atoms with Crippen molar-refractivity contribution in [1.29, 1.82) is 0 Å². The predicted molar refractivity (Wildman–Crippen MR) is 104 cm³/mol. The highest BCUT2D eigenvalue weighted by Gasteiger charge is 2.16. The Morgan fingerprint density at radius 1 is 1.11 bits per heavy atom. The lowest BCUT2D eigenvalue weighted by atomic mass is 10.1. The molecule has 1 atom stereocenters. The van der Waals surface area contributed by atoms with Crippen molar-refractivity contribution in [2.75, 3.05) is 10.6 Å². The van der Waals surface area contributed by atoms with Gasteiger partial charge in [0, 0.05) is 23.5 Å². The van der Waals surface area contributed by atoms with E-state index in [1.165, 1.54) is 42.6 Å². The summed E-state index contributed by atoms with van der Waals surface area (Å²) in [5.74, 6) is -0.563. The second kappa shape index (κ2) is 8.26. The first kappa shape index (κ1) is 19.0. The third-order valence-corrected chi connectivity index (χ3v) is 4.11. The molecule has 1 amide bonds. The van der Waals surface area contributed by atoms with Crippen LogP contribution < -0.4 is 10.6 Å². The number of hydrogen-bond acceptors (Lipinski definition) is 5. The minimum absolute atomic E-state index is 0.0995. The third-order valence-electron chi connectivity index (χ3n) is 4.11. The van der Waals surface area contributed by atoms with Gasteiger partial charge in [0.15, 0.2) is 0 Å². The molecule has 0 aliphatic heterocycles. The molecule has 3 rings (SSSR count). The standard InChI is InChI=1S/C20H17FN4O3/c1-13(23-19-18(25(27)28)3-2-12-22-19)14-6-10-17(11-7-14)24-20(26)15-4-8-16(21)9-5-15/h2-13H,1H3,(H,22,23)(H,24,26)/t13-/m0/s1. The van der Waals surface area contributed by atoms with E-state index in [9.17, 15) is 19.3 Å². The summed E-state index contributed by atoms with van der Waals surface area (Å²) in [5, 5.41) is 16.8. The van der Waals surface area contributed by atoms with Crippen molar-refractivity contribution in [2.24, 2.45) is 0 Å². The fourth-order valence-electron chi connectivity index (χ4n) is 2.60. The van der Waals surface area contributed by atoms with Crippen LogP contribution in [0, 0.1) is 15.9 Å². The van der Waals surface area contributed by atoms with Crippen molar-refractivity contribution >= 4 is 23.1 Å². The van der Waals surface area contributed by atoms with E-state index in [-0.39, 0.29) is 23.5 Å². The number of nitrogens with zero attached hydrogens (tertiary/aromatic N) is 2. The molecule has 2 N–H and O–H groups in total. The number of aromatic nitrogens is 1. The average Bonchev–Trinajstić information content (AvgIpc) is 2.69. The molecule has 0 aliphatic rings. The van der Waals surface area contributed by atoms with Crippen molar-refractivity contribution in [1.82, 2.24) is 4.98 Å². The molecule has 0 bridgehead atoms. The van der Waals surface area contributed by atoms with E-state index in [0.29, 0.717) is 11.3 Å². The maximum atomic E-state index is 12.9. The SMILES string of the molecule is C[C@H](Nc1ncccc1[N+](=O)[O-])c1ccc(NC(=O)c2ccc(F)cc2)cc1. The highest BCUT2D eigenvalue weighted by molar-refractivity contribution is 6.04. The first-order valence-corrected chi connectivity index (χ1v) is 8.47. The average molecular weight is 380 g/mol. The smallest absolute Gasteiger partial charge is 0.311 e. The van der Waals surface area contributed by atoms with E-state index in [1.54, 1.807) is 24.3 Å². The molecule has 0 saturated carbocycles. The lowest BCUT2D eigenvalue weighted by molar-refractivity contribution is -0.384. The Morgan fingerprint density at radius 2 is 1.79 bits per heavy atom. The molecule has 142 valence electrons. The number of carbonyl (C=O) groups excluding carboxylic acids is 1. The van der Waals surface area contributed by atoms with Crippen molar-refractivity contribution < 1.29 is 14.1 Å². The molecule has 0 aliphatic carbocycles. The zero-order valence-electron chi connectivity index (χ0n) is 14.9. The maximum absolute atomic E-state index is 12.9. The minimum atomic E-state index is -0.490. The van der Waals surface area contributed by atoms with Gasteiger partial charge >= 0.3 is 5.69 Å². The van der Waals surface area contributed by atoms with Gasteiger partial charge in [0.2, 0.25) is 5.82 Å². The maximum Gasteiger partial charge on any atom is 0.311 e. The molecular weight excluding hydrogens is 363 g/mol. The topological polar surface area (TPSA) is 97.2 Å². The first-order valence-electron chi connectivity index (χ1n) is 8.47. The molecule has 0 unspecified atom stereocenters. The molecule has 0 saturated heterocycles. The number of nitro groups is 1. The highest BCUT2D eigenvalue weighted by Crippen LogP contribution is 2.26. The highest BCUT2D eigenvalue weighted by atomic mass is 19.1. The van der Waals surface area contributed by atoms with E-state index < -0.39 is 10.7 Å². The first-order chi connectivity index (χ1) is 13.4. The molecule has 7 nitrogen and oxygen atoms in total. The zero-order valence-corrected chi connectivity index (χ0v) is 14.9. The third kappa shape index (κ3) is 4.47. The van der Waals surface area contributed by atoms with Crippen LogP contribution in [0.3, 0.4) is 0 Å². The number of benzene rings is 2. The molecule has 8 heteroatoms. The molecule has 0 spiro atoms. The Kier molecular flexibility index (Phi) is 5.59. The van der Waals surface area contributed by atoms with Crippen molar-refractivity contribution in [2.45, 2.75) is 13.0 Å².